The Kier molecular flexibility index (Phi) is 9.67. The number of carbonyl (C=O) groups excluding carboxylic acids is 2. The lowest BCUT2D eigenvalue weighted by Crippen LogP contribution is -2.53. The molecule has 8 heteroatoms. The molecule has 0 aliphatic carbocycles. The number of hydrogen-bond acceptors (Lipinski definition) is 5. The van der Waals surface area contributed by atoms with Gasteiger partial charge in [-0.3, -0.25) is 19.7 Å². The van der Waals surface area contributed by atoms with Crippen LogP contribution in [0.25, 0.3) is 0 Å². The second-order valence-corrected chi connectivity index (χ2v) is 7.27. The second kappa shape index (κ2) is 12.5. The lowest BCUT2D eigenvalue weighted by molar-refractivity contribution is -0.141. The average molecular weight is 427 g/mol. The average Bonchev–Trinajstić information content (AvgIpc) is 2.77. The van der Waals surface area contributed by atoms with E-state index in [1.807, 2.05) is 36.4 Å². The van der Waals surface area contributed by atoms with E-state index in [0.717, 1.165) is 5.56 Å². The number of aryl methyl sites for hydroxylation is 1. The molecule has 2 aromatic rings. The van der Waals surface area contributed by atoms with E-state index in [9.17, 15) is 19.5 Å². The number of carboxylic acid groups (broad SMARTS) is 1. The van der Waals surface area contributed by atoms with Gasteiger partial charge in [-0.05, 0) is 37.5 Å². The van der Waals surface area contributed by atoms with E-state index in [0.29, 0.717) is 18.5 Å². The Morgan fingerprint density at radius 3 is 2.23 bits per heavy atom. The molecule has 0 aliphatic heterocycles. The summed E-state index contributed by atoms with van der Waals surface area (Å²) in [5.74, 6) is -1.75. The fraction of sp³-hybridized carbons (Fsp3) is 0.348. The monoisotopic (exact) mass is 426 g/mol. The molecule has 2 atom stereocenters. The number of nitrogens with zero attached hydrogens (tertiary/aromatic N) is 1. The summed E-state index contributed by atoms with van der Waals surface area (Å²) < 4.78 is 0. The van der Waals surface area contributed by atoms with E-state index >= 15 is 0 Å². The zero-order chi connectivity index (χ0) is 22.6. The molecule has 0 aromatic heterocycles. The largest absolute Gasteiger partial charge is 0.480 e. The SMILES string of the molecule is C[C@@H](N[C@@H](CCc1ccccc1)C(=O)N(CCN)CC(=O)Nc1ccccc1)C(=O)O. The molecule has 5 N–H and O–H groups in total. The lowest BCUT2D eigenvalue weighted by Gasteiger charge is -2.28. The minimum atomic E-state index is -1.05. The van der Waals surface area contributed by atoms with Crippen molar-refractivity contribution in [2.24, 2.45) is 5.73 Å². The fourth-order valence-electron chi connectivity index (χ4n) is 3.15. The van der Waals surface area contributed by atoms with E-state index in [4.69, 9.17) is 5.73 Å². The zero-order valence-electron chi connectivity index (χ0n) is 17.7. The van der Waals surface area contributed by atoms with Gasteiger partial charge in [-0.2, -0.15) is 0 Å². The smallest absolute Gasteiger partial charge is 0.320 e. The molecule has 31 heavy (non-hydrogen) atoms. The van der Waals surface area contributed by atoms with Crippen LogP contribution in [0, 0.1) is 0 Å². The molecule has 0 unspecified atom stereocenters. The molecule has 2 rings (SSSR count). The molecule has 0 radical (unpaired) electrons. The molecule has 2 aromatic carbocycles. The van der Waals surface area contributed by atoms with Gasteiger partial charge in [-0.1, -0.05) is 48.5 Å². The highest BCUT2D eigenvalue weighted by atomic mass is 16.4. The van der Waals surface area contributed by atoms with Gasteiger partial charge in [0.05, 0.1) is 12.6 Å². The Bertz CT molecular complexity index is 845. The van der Waals surface area contributed by atoms with Crippen LogP contribution in [0.3, 0.4) is 0 Å². The van der Waals surface area contributed by atoms with E-state index in [1.54, 1.807) is 24.3 Å². The first-order valence-electron chi connectivity index (χ1n) is 10.3. The molecule has 0 saturated heterocycles. The van der Waals surface area contributed by atoms with Crippen molar-refractivity contribution in [2.75, 3.05) is 25.0 Å². The molecule has 2 amide bonds. The van der Waals surface area contributed by atoms with Gasteiger partial charge >= 0.3 is 5.97 Å². The number of nitrogens with two attached hydrogens (primary N) is 1. The molecule has 0 aliphatic rings. The number of para-hydroxylation sites is 1. The van der Waals surface area contributed by atoms with Gasteiger partial charge in [0.15, 0.2) is 0 Å². The van der Waals surface area contributed by atoms with E-state index < -0.39 is 18.1 Å². The maximum absolute atomic E-state index is 13.2. The number of carbonyl (C=O) groups is 3. The predicted molar refractivity (Wildman–Crippen MR) is 119 cm³/mol. The third-order valence-corrected chi connectivity index (χ3v) is 4.79. The first kappa shape index (κ1) is 24.0. The Morgan fingerprint density at radius 2 is 1.65 bits per heavy atom. The first-order chi connectivity index (χ1) is 14.9. The molecular formula is C23H30N4O4. The highest BCUT2D eigenvalue weighted by molar-refractivity contribution is 5.95. The number of aliphatic carboxylic acids is 1. The van der Waals surface area contributed by atoms with E-state index in [1.165, 1.54) is 11.8 Å². The zero-order valence-corrected chi connectivity index (χ0v) is 17.7. The van der Waals surface area contributed by atoms with Gasteiger partial charge in [-0.15, -0.1) is 0 Å². The van der Waals surface area contributed by atoms with Crippen LogP contribution in [-0.2, 0) is 20.8 Å². The third-order valence-electron chi connectivity index (χ3n) is 4.79. The van der Waals surface area contributed by atoms with Gasteiger partial charge < -0.3 is 21.1 Å². The van der Waals surface area contributed by atoms with Gasteiger partial charge in [-0.25, -0.2) is 0 Å². The minimum Gasteiger partial charge on any atom is -0.480 e. The van der Waals surface area contributed by atoms with Crippen molar-refractivity contribution in [3.8, 4) is 0 Å². The quantitative estimate of drug-likeness (QED) is 0.407. The van der Waals surface area contributed by atoms with Crippen molar-refractivity contribution >= 4 is 23.5 Å². The van der Waals surface area contributed by atoms with Crippen LogP contribution in [0.2, 0.25) is 0 Å². The molecule has 166 valence electrons. The second-order valence-electron chi connectivity index (χ2n) is 7.27. The van der Waals surface area contributed by atoms with Crippen LogP contribution in [0.4, 0.5) is 5.69 Å². The number of benzene rings is 2. The van der Waals surface area contributed by atoms with Crippen molar-refractivity contribution in [1.82, 2.24) is 10.2 Å². The summed E-state index contributed by atoms with van der Waals surface area (Å²) in [5, 5.41) is 14.9. The van der Waals surface area contributed by atoms with Crippen LogP contribution in [0.5, 0.6) is 0 Å². The van der Waals surface area contributed by atoms with Crippen LogP contribution in [-0.4, -0.2) is 59.5 Å². The van der Waals surface area contributed by atoms with Gasteiger partial charge in [0.1, 0.15) is 6.04 Å². The van der Waals surface area contributed by atoms with Crippen LogP contribution >= 0.6 is 0 Å². The van der Waals surface area contributed by atoms with E-state index in [2.05, 4.69) is 10.6 Å². The van der Waals surface area contributed by atoms with Crippen LogP contribution < -0.4 is 16.4 Å². The van der Waals surface area contributed by atoms with E-state index in [-0.39, 0.29) is 31.4 Å². The minimum absolute atomic E-state index is 0.171. The van der Waals surface area contributed by atoms with Crippen molar-refractivity contribution in [3.05, 3.63) is 66.2 Å². The van der Waals surface area contributed by atoms with Crippen molar-refractivity contribution < 1.29 is 19.5 Å². The lowest BCUT2D eigenvalue weighted by atomic mass is 10.0. The van der Waals surface area contributed by atoms with Crippen molar-refractivity contribution in [1.29, 1.82) is 0 Å². The highest BCUT2D eigenvalue weighted by Crippen LogP contribution is 2.10. The summed E-state index contributed by atoms with van der Waals surface area (Å²) in [5.41, 5.74) is 7.34. The summed E-state index contributed by atoms with van der Waals surface area (Å²) in [7, 11) is 0. The number of nitrogens with one attached hydrogen (secondary N) is 2. The summed E-state index contributed by atoms with van der Waals surface area (Å²) >= 11 is 0. The summed E-state index contributed by atoms with van der Waals surface area (Å²) in [6, 6.07) is 16.9. The number of amides is 2. The maximum Gasteiger partial charge on any atom is 0.320 e. The van der Waals surface area contributed by atoms with Crippen molar-refractivity contribution in [3.63, 3.8) is 0 Å². The highest BCUT2D eigenvalue weighted by Gasteiger charge is 2.28. The van der Waals surface area contributed by atoms with Gasteiger partial charge in [0, 0.05) is 18.8 Å². The maximum atomic E-state index is 13.2. The van der Waals surface area contributed by atoms with Gasteiger partial charge in [0.2, 0.25) is 11.8 Å². The molecule has 0 fully saturated rings. The molecular weight excluding hydrogens is 396 g/mol. The molecule has 0 spiro atoms. The molecule has 0 bridgehead atoms. The summed E-state index contributed by atoms with van der Waals surface area (Å²) in [4.78, 5) is 38.4. The number of anilines is 1. The standard InChI is InChI=1S/C23H30N4O4/c1-17(23(30)31)25-20(13-12-18-8-4-2-5-9-18)22(29)27(15-14-24)16-21(28)26-19-10-6-3-7-11-19/h2-11,17,20,25H,12-16,24H2,1H3,(H,26,28)(H,30,31)/t17-,20+/m1/s1. The number of carboxylic acids is 1. The van der Waals surface area contributed by atoms with Crippen LogP contribution in [0.15, 0.2) is 60.7 Å². The molecule has 8 nitrogen and oxygen atoms in total. The third kappa shape index (κ3) is 8.19. The summed E-state index contributed by atoms with van der Waals surface area (Å²) in [6.07, 6.45) is 0.977. The predicted octanol–water partition coefficient (Wildman–Crippen LogP) is 1.48. The number of rotatable bonds is 12. The normalized spacial score (nSPS) is 12.6. The Morgan fingerprint density at radius 1 is 1.03 bits per heavy atom. The Labute approximate surface area is 182 Å². The number of hydrogen-bond donors (Lipinski definition) is 4. The van der Waals surface area contributed by atoms with Gasteiger partial charge in [0.25, 0.3) is 0 Å². The van der Waals surface area contributed by atoms with Crippen LogP contribution in [0.1, 0.15) is 18.9 Å². The Hall–Kier alpha value is -3.23. The Balaban J connectivity index is 2.10. The van der Waals surface area contributed by atoms with Crippen molar-refractivity contribution in [2.45, 2.75) is 31.8 Å². The topological polar surface area (TPSA) is 125 Å². The first-order valence-corrected chi connectivity index (χ1v) is 10.3. The molecule has 0 heterocycles. The summed E-state index contributed by atoms with van der Waals surface area (Å²) in [6.45, 7) is 1.69. The fourth-order valence-corrected chi connectivity index (χ4v) is 3.15. The molecule has 0 saturated carbocycles.